The monoisotopic (exact) mass is 245 g/mol. The van der Waals surface area contributed by atoms with Crippen LogP contribution in [0.1, 0.15) is 6.23 Å². The molecule has 0 radical (unpaired) electrons. The molecular weight excluding hydrogens is 234 g/mol. The van der Waals surface area contributed by atoms with E-state index in [1.807, 2.05) is 4.98 Å². The number of aromatic amines is 1. The summed E-state index contributed by atoms with van der Waals surface area (Å²) < 4.78 is 5.77. The molecule has 1 aliphatic heterocycles. The van der Waals surface area contributed by atoms with Gasteiger partial charge < -0.3 is 20.1 Å². The summed E-state index contributed by atoms with van der Waals surface area (Å²) in [5.74, 6) is 0. The van der Waals surface area contributed by atoms with Crippen molar-refractivity contribution in [3.63, 3.8) is 0 Å². The molecule has 17 heavy (non-hydrogen) atoms. The quantitative estimate of drug-likeness (QED) is 0.425. The molecule has 0 aliphatic carbocycles. The van der Waals surface area contributed by atoms with Gasteiger partial charge in [0.1, 0.15) is 24.5 Å². The molecule has 4 N–H and O–H groups in total. The predicted octanol–water partition coefficient (Wildman–Crippen LogP) is -3.46. The van der Waals surface area contributed by atoms with Gasteiger partial charge in [-0.3, -0.25) is 9.78 Å². The average Bonchev–Trinajstić information content (AvgIpc) is 2.57. The van der Waals surface area contributed by atoms with Crippen LogP contribution in [0, 0.1) is 0 Å². The van der Waals surface area contributed by atoms with Gasteiger partial charge in [-0.25, -0.2) is 4.79 Å². The fourth-order valence-electron chi connectivity index (χ4n) is 1.63. The molecule has 0 saturated carbocycles. The van der Waals surface area contributed by atoms with Gasteiger partial charge in [0.15, 0.2) is 6.23 Å². The van der Waals surface area contributed by atoms with Crippen molar-refractivity contribution in [1.29, 1.82) is 0 Å². The second kappa shape index (κ2) is 4.37. The Morgan fingerprint density at radius 2 is 2.12 bits per heavy atom. The summed E-state index contributed by atoms with van der Waals surface area (Å²) in [6, 6.07) is 0. The van der Waals surface area contributed by atoms with Crippen LogP contribution in [-0.2, 0) is 4.74 Å². The van der Waals surface area contributed by atoms with E-state index in [2.05, 4.69) is 5.10 Å². The molecule has 0 aromatic carbocycles. The third-order valence-corrected chi connectivity index (χ3v) is 2.50. The van der Waals surface area contributed by atoms with Gasteiger partial charge in [0.25, 0.3) is 5.56 Å². The first kappa shape index (κ1) is 11.9. The van der Waals surface area contributed by atoms with E-state index in [-0.39, 0.29) is 0 Å². The van der Waals surface area contributed by atoms with Crippen LogP contribution in [0.15, 0.2) is 15.8 Å². The number of H-pyrrole nitrogens is 1. The molecule has 94 valence electrons. The Balaban J connectivity index is 2.35. The predicted molar refractivity (Wildman–Crippen MR) is 52.1 cm³/mol. The van der Waals surface area contributed by atoms with E-state index in [4.69, 9.17) is 9.84 Å². The zero-order valence-corrected chi connectivity index (χ0v) is 8.55. The molecule has 1 fully saturated rings. The summed E-state index contributed by atoms with van der Waals surface area (Å²) in [5, 5.41) is 31.5. The van der Waals surface area contributed by atoms with E-state index in [1.54, 1.807) is 0 Å². The van der Waals surface area contributed by atoms with Gasteiger partial charge in [0.2, 0.25) is 0 Å². The number of aromatic nitrogens is 3. The Morgan fingerprint density at radius 3 is 2.65 bits per heavy atom. The van der Waals surface area contributed by atoms with Crippen molar-refractivity contribution in [2.24, 2.45) is 0 Å². The largest absolute Gasteiger partial charge is 0.394 e. The zero-order chi connectivity index (χ0) is 12.6. The van der Waals surface area contributed by atoms with Crippen molar-refractivity contribution >= 4 is 0 Å². The molecule has 2 heterocycles. The molecule has 1 aliphatic rings. The topological polar surface area (TPSA) is 138 Å². The summed E-state index contributed by atoms with van der Waals surface area (Å²) in [4.78, 5) is 24.1. The van der Waals surface area contributed by atoms with Gasteiger partial charge in [0.05, 0.1) is 6.61 Å². The van der Waals surface area contributed by atoms with Gasteiger partial charge in [-0.1, -0.05) is 0 Å². The van der Waals surface area contributed by atoms with Crippen molar-refractivity contribution in [3.8, 4) is 0 Å². The smallest absolute Gasteiger partial charge is 0.347 e. The van der Waals surface area contributed by atoms with Crippen LogP contribution in [0.3, 0.4) is 0 Å². The van der Waals surface area contributed by atoms with Crippen molar-refractivity contribution < 1.29 is 20.1 Å². The normalized spacial score (nSPS) is 32.9. The Hall–Kier alpha value is -1.55. The molecule has 9 heteroatoms. The third kappa shape index (κ3) is 2.00. The van der Waals surface area contributed by atoms with E-state index < -0.39 is 42.4 Å². The van der Waals surface area contributed by atoms with Gasteiger partial charge in [0, 0.05) is 0 Å². The Bertz CT molecular complexity index is 510. The molecule has 1 saturated heterocycles. The highest BCUT2D eigenvalue weighted by Gasteiger charge is 2.44. The van der Waals surface area contributed by atoms with Crippen molar-refractivity contribution in [1.82, 2.24) is 14.8 Å². The highest BCUT2D eigenvalue weighted by atomic mass is 16.6. The highest BCUT2D eigenvalue weighted by molar-refractivity contribution is 4.88. The molecule has 0 bridgehead atoms. The number of aliphatic hydroxyl groups is 3. The Kier molecular flexibility index (Phi) is 3.07. The van der Waals surface area contributed by atoms with E-state index in [1.165, 1.54) is 0 Å². The average molecular weight is 245 g/mol. The number of nitrogens with one attached hydrogen (secondary N) is 1. The molecular formula is C8H11N3O6. The van der Waals surface area contributed by atoms with Crippen molar-refractivity contribution in [2.75, 3.05) is 6.61 Å². The number of hydrogen-bond donors (Lipinski definition) is 4. The zero-order valence-electron chi connectivity index (χ0n) is 8.55. The molecule has 1 aromatic rings. The minimum atomic E-state index is -1.41. The Labute approximate surface area is 93.9 Å². The highest BCUT2D eigenvalue weighted by Crippen LogP contribution is 2.27. The van der Waals surface area contributed by atoms with Crippen LogP contribution < -0.4 is 11.2 Å². The second-order valence-corrected chi connectivity index (χ2v) is 3.61. The summed E-state index contributed by atoms with van der Waals surface area (Å²) in [7, 11) is 0. The van der Waals surface area contributed by atoms with Crippen molar-refractivity contribution in [2.45, 2.75) is 24.5 Å². The van der Waals surface area contributed by atoms with Crippen LogP contribution in [0.25, 0.3) is 0 Å². The third-order valence-electron chi connectivity index (χ3n) is 2.50. The van der Waals surface area contributed by atoms with E-state index >= 15 is 0 Å². The lowest BCUT2D eigenvalue weighted by atomic mass is 10.1. The van der Waals surface area contributed by atoms with Gasteiger partial charge in [-0.15, -0.1) is 0 Å². The molecule has 4 atom stereocenters. The fourth-order valence-corrected chi connectivity index (χ4v) is 1.63. The summed E-state index contributed by atoms with van der Waals surface area (Å²) in [6.07, 6.45) is -4.15. The Morgan fingerprint density at radius 1 is 1.41 bits per heavy atom. The lowest BCUT2D eigenvalue weighted by Crippen LogP contribution is -2.39. The fraction of sp³-hybridized carbons (Fsp3) is 0.625. The van der Waals surface area contributed by atoms with Crippen LogP contribution in [0.2, 0.25) is 0 Å². The SMILES string of the molecule is O=c1cnn([C@@H]2O[C@H](CO)[C@@H](O)[C@@H]2O)c(=O)[nH]1. The molecule has 1 aromatic heterocycles. The number of ether oxygens (including phenoxy) is 1. The molecule has 0 spiro atoms. The van der Waals surface area contributed by atoms with Gasteiger partial charge in [-0.05, 0) is 0 Å². The number of hydrogen-bond acceptors (Lipinski definition) is 7. The summed E-state index contributed by atoms with van der Waals surface area (Å²) >= 11 is 0. The maximum absolute atomic E-state index is 11.4. The van der Waals surface area contributed by atoms with Crippen LogP contribution in [0.4, 0.5) is 0 Å². The summed E-state index contributed by atoms with van der Waals surface area (Å²) in [6.45, 7) is -0.507. The molecule has 2 rings (SSSR count). The van der Waals surface area contributed by atoms with Gasteiger partial charge in [-0.2, -0.15) is 9.78 Å². The first-order valence-corrected chi connectivity index (χ1v) is 4.85. The minimum absolute atomic E-state index is 0.507. The number of nitrogens with zero attached hydrogens (tertiary/aromatic N) is 2. The van der Waals surface area contributed by atoms with E-state index in [9.17, 15) is 19.8 Å². The first-order valence-electron chi connectivity index (χ1n) is 4.85. The number of rotatable bonds is 2. The van der Waals surface area contributed by atoms with Crippen LogP contribution in [0.5, 0.6) is 0 Å². The lowest BCUT2D eigenvalue weighted by molar-refractivity contribution is -0.0618. The summed E-state index contributed by atoms with van der Waals surface area (Å²) in [5.41, 5.74) is -1.55. The standard InChI is InChI=1S/C8H11N3O6/c12-2-3-5(14)6(15)7(17-3)11-8(16)10-4(13)1-9-11/h1,3,5-7,12,14-15H,2H2,(H,10,13,16)/t3-,5-,6+,7-/m1/s1. The molecule has 9 nitrogen and oxygen atoms in total. The van der Waals surface area contributed by atoms with E-state index in [0.717, 1.165) is 6.20 Å². The van der Waals surface area contributed by atoms with E-state index in [0.29, 0.717) is 4.68 Å². The van der Waals surface area contributed by atoms with Crippen molar-refractivity contribution in [3.05, 3.63) is 27.0 Å². The van der Waals surface area contributed by atoms with Crippen LogP contribution in [-0.4, -0.2) is 55.0 Å². The second-order valence-electron chi connectivity index (χ2n) is 3.61. The maximum atomic E-state index is 11.4. The molecule has 0 unspecified atom stereocenters. The van der Waals surface area contributed by atoms with Gasteiger partial charge >= 0.3 is 5.69 Å². The van der Waals surface area contributed by atoms with Crippen LogP contribution >= 0.6 is 0 Å². The first-order chi connectivity index (χ1) is 8.04. The maximum Gasteiger partial charge on any atom is 0.347 e. The lowest BCUT2D eigenvalue weighted by Gasteiger charge is -2.14. The minimum Gasteiger partial charge on any atom is -0.394 e. The number of aliphatic hydroxyl groups excluding tert-OH is 3. The molecule has 0 amide bonds.